The van der Waals surface area contributed by atoms with E-state index >= 15 is 0 Å². The number of hydrogen-bond acceptors (Lipinski definition) is 3. The quantitative estimate of drug-likeness (QED) is 0.422. The summed E-state index contributed by atoms with van der Waals surface area (Å²) in [5, 5.41) is 0. The zero-order valence-corrected chi connectivity index (χ0v) is 14.4. The molecule has 0 atom stereocenters. The minimum Gasteiger partial charge on any atom is -0.490 e. The topological polar surface area (TPSA) is 35.5 Å². The molecule has 2 aromatic carbocycles. The van der Waals surface area contributed by atoms with Crippen LogP contribution in [0.15, 0.2) is 36.4 Å². The Morgan fingerprint density at radius 2 is 1.78 bits per heavy atom. The van der Waals surface area contributed by atoms with E-state index in [4.69, 9.17) is 9.47 Å². The van der Waals surface area contributed by atoms with Crippen LogP contribution in [0.5, 0.6) is 11.5 Å². The van der Waals surface area contributed by atoms with Crippen LogP contribution < -0.4 is 9.47 Å². The lowest BCUT2D eigenvalue weighted by molar-refractivity contribution is -0.138. The summed E-state index contributed by atoms with van der Waals surface area (Å²) in [7, 11) is 0. The smallest absolute Gasteiger partial charge is 0.416 e. The third kappa shape index (κ3) is 5.42. The van der Waals surface area contributed by atoms with E-state index in [1.807, 2.05) is 6.92 Å². The highest BCUT2D eigenvalue weighted by Crippen LogP contribution is 2.36. The molecule has 0 unspecified atom stereocenters. The Hall–Kier alpha value is -2.64. The van der Waals surface area contributed by atoms with Crippen molar-refractivity contribution in [2.45, 2.75) is 32.6 Å². The minimum atomic E-state index is -4.80. The second-order valence-corrected chi connectivity index (χ2v) is 5.68. The number of hydrogen-bond donors (Lipinski definition) is 0. The lowest BCUT2D eigenvalue weighted by Gasteiger charge is -2.17. The lowest BCUT2D eigenvalue weighted by atomic mass is 10.0. The van der Waals surface area contributed by atoms with Crippen molar-refractivity contribution in [1.82, 2.24) is 0 Å². The number of carbonyl (C=O) groups is 1. The van der Waals surface area contributed by atoms with Crippen molar-refractivity contribution in [2.24, 2.45) is 0 Å². The first-order chi connectivity index (χ1) is 12.8. The molecule has 0 saturated heterocycles. The average Bonchev–Trinajstić information content (AvgIpc) is 2.63. The first-order valence-electron chi connectivity index (χ1n) is 8.09. The van der Waals surface area contributed by atoms with E-state index in [1.54, 1.807) is 0 Å². The monoisotopic (exact) mass is 388 g/mol. The molecule has 0 aliphatic carbocycles. The summed E-state index contributed by atoms with van der Waals surface area (Å²) < 4.78 is 75.9. The summed E-state index contributed by atoms with van der Waals surface area (Å²) in [6.45, 7) is 1.70. The van der Waals surface area contributed by atoms with Gasteiger partial charge in [0.05, 0.1) is 12.2 Å². The van der Waals surface area contributed by atoms with Gasteiger partial charge in [-0.15, -0.1) is 0 Å². The summed E-state index contributed by atoms with van der Waals surface area (Å²) in [6, 6.07) is 6.59. The van der Waals surface area contributed by atoms with Crippen LogP contribution in [0.3, 0.4) is 0 Å². The van der Waals surface area contributed by atoms with Gasteiger partial charge in [-0.3, -0.25) is 4.79 Å². The van der Waals surface area contributed by atoms with E-state index in [0.717, 1.165) is 12.1 Å². The fourth-order valence-electron chi connectivity index (χ4n) is 2.32. The van der Waals surface area contributed by atoms with Crippen molar-refractivity contribution in [3.63, 3.8) is 0 Å². The van der Waals surface area contributed by atoms with Crippen molar-refractivity contribution in [3.05, 3.63) is 58.7 Å². The second-order valence-electron chi connectivity index (χ2n) is 5.68. The Kier molecular flexibility index (Phi) is 6.76. The van der Waals surface area contributed by atoms with Crippen LogP contribution >= 0.6 is 0 Å². The fraction of sp³-hybridized carbons (Fsp3) is 0.316. The molecular weight excluding hydrogens is 371 g/mol. The molecule has 27 heavy (non-hydrogen) atoms. The zero-order chi connectivity index (χ0) is 20.0. The molecule has 0 bridgehead atoms. The minimum absolute atomic E-state index is 0.153. The molecule has 8 heteroatoms. The van der Waals surface area contributed by atoms with Crippen molar-refractivity contribution in [2.75, 3.05) is 6.61 Å². The highest BCUT2D eigenvalue weighted by molar-refractivity contribution is 5.76. The molecule has 2 rings (SSSR count). The second kappa shape index (κ2) is 8.83. The molecule has 2 aromatic rings. The normalized spacial score (nSPS) is 11.5. The van der Waals surface area contributed by atoms with Gasteiger partial charge in [-0.2, -0.15) is 13.2 Å². The van der Waals surface area contributed by atoms with Gasteiger partial charge >= 0.3 is 6.18 Å². The maximum Gasteiger partial charge on any atom is 0.416 e. The zero-order valence-electron chi connectivity index (χ0n) is 14.4. The molecule has 0 aliphatic heterocycles. The number of carbonyl (C=O) groups excluding carboxylic acids is 1. The molecule has 0 amide bonds. The highest BCUT2D eigenvalue weighted by Gasteiger charge is 2.34. The van der Waals surface area contributed by atoms with Crippen LogP contribution in [-0.2, 0) is 12.8 Å². The molecule has 146 valence electrons. The standard InChI is InChI=1S/C19H17F5O3/c1-2-7-26-17-8-12(10-25)3-6-16(17)27-11-14-5-4-13(18(20)21)9-15(14)19(22,23)24/h3-6,8-10,18H,2,7,11H2,1H3. The third-order valence-electron chi connectivity index (χ3n) is 3.64. The average molecular weight is 388 g/mol. The van der Waals surface area contributed by atoms with E-state index in [1.165, 1.54) is 18.2 Å². The lowest BCUT2D eigenvalue weighted by Crippen LogP contribution is -2.12. The largest absolute Gasteiger partial charge is 0.490 e. The predicted molar refractivity (Wildman–Crippen MR) is 88.3 cm³/mol. The van der Waals surface area contributed by atoms with Crippen LogP contribution in [0.1, 0.15) is 46.8 Å². The Labute approximate surface area is 152 Å². The molecule has 0 radical (unpaired) electrons. The first kappa shape index (κ1) is 20.7. The van der Waals surface area contributed by atoms with Crippen LogP contribution in [0.25, 0.3) is 0 Å². The van der Waals surface area contributed by atoms with Gasteiger partial charge in [-0.25, -0.2) is 8.78 Å². The summed E-state index contributed by atoms with van der Waals surface area (Å²) in [4.78, 5) is 10.9. The van der Waals surface area contributed by atoms with Crippen molar-refractivity contribution in [3.8, 4) is 11.5 Å². The number of halogens is 5. The Morgan fingerprint density at radius 1 is 1.04 bits per heavy atom. The molecular formula is C19H17F5O3. The molecule has 0 aliphatic rings. The van der Waals surface area contributed by atoms with Gasteiger partial charge in [0.1, 0.15) is 12.9 Å². The van der Waals surface area contributed by atoms with Crippen LogP contribution in [0.4, 0.5) is 22.0 Å². The first-order valence-corrected chi connectivity index (χ1v) is 8.09. The predicted octanol–water partition coefficient (Wildman–Crippen LogP) is 5.82. The van der Waals surface area contributed by atoms with Crippen molar-refractivity contribution in [1.29, 1.82) is 0 Å². The fourth-order valence-corrected chi connectivity index (χ4v) is 2.32. The summed E-state index contributed by atoms with van der Waals surface area (Å²) in [5.41, 5.74) is -1.85. The third-order valence-corrected chi connectivity index (χ3v) is 3.64. The van der Waals surface area contributed by atoms with Gasteiger partial charge in [0.2, 0.25) is 0 Å². The summed E-state index contributed by atoms with van der Waals surface area (Å²) in [5.74, 6) is 0.374. The number of aldehydes is 1. The van der Waals surface area contributed by atoms with Crippen molar-refractivity contribution >= 4 is 6.29 Å². The molecule has 3 nitrogen and oxygen atoms in total. The van der Waals surface area contributed by atoms with Gasteiger partial charge in [0.15, 0.2) is 11.5 Å². The summed E-state index contributed by atoms with van der Waals surface area (Å²) >= 11 is 0. The van der Waals surface area contributed by atoms with Crippen LogP contribution in [0.2, 0.25) is 0 Å². The Morgan fingerprint density at radius 3 is 2.37 bits per heavy atom. The van der Waals surface area contributed by atoms with Crippen LogP contribution in [0, 0.1) is 0 Å². The van der Waals surface area contributed by atoms with Gasteiger partial charge in [0, 0.05) is 16.7 Å². The molecule has 0 fully saturated rings. The summed E-state index contributed by atoms with van der Waals surface area (Å²) in [6.07, 6.45) is -6.52. The molecule has 0 aromatic heterocycles. The molecule has 0 heterocycles. The molecule has 0 saturated carbocycles. The van der Waals surface area contributed by atoms with E-state index in [2.05, 4.69) is 0 Å². The van der Waals surface area contributed by atoms with Crippen LogP contribution in [-0.4, -0.2) is 12.9 Å². The van der Waals surface area contributed by atoms with Crippen molar-refractivity contribution < 1.29 is 36.2 Å². The number of benzene rings is 2. The maximum atomic E-state index is 13.2. The molecule has 0 spiro atoms. The van der Waals surface area contributed by atoms with Gasteiger partial charge in [-0.05, 0) is 30.7 Å². The van der Waals surface area contributed by atoms with E-state index in [-0.39, 0.29) is 17.1 Å². The molecule has 0 N–H and O–H groups in total. The Balaban J connectivity index is 2.29. The van der Waals surface area contributed by atoms with Gasteiger partial charge in [-0.1, -0.05) is 19.1 Å². The van der Waals surface area contributed by atoms with E-state index < -0.39 is 30.3 Å². The van der Waals surface area contributed by atoms with Gasteiger partial charge in [0.25, 0.3) is 6.43 Å². The number of alkyl halides is 5. The van der Waals surface area contributed by atoms with E-state index in [0.29, 0.717) is 30.9 Å². The highest BCUT2D eigenvalue weighted by atomic mass is 19.4. The maximum absolute atomic E-state index is 13.2. The van der Waals surface area contributed by atoms with E-state index in [9.17, 15) is 26.7 Å². The number of ether oxygens (including phenoxy) is 2. The van der Waals surface area contributed by atoms with Gasteiger partial charge < -0.3 is 9.47 Å². The SMILES string of the molecule is CCCOc1cc(C=O)ccc1OCc1ccc(C(F)F)cc1C(F)(F)F. The number of rotatable bonds is 8. The Bertz CT molecular complexity index is 787.